The molecule has 4 heterocycles. The SMILES string of the molecule is CC(=O)N1CC(n2cc(Nc3nccc(N4CC[C@@](C#N)(C(C)C)C4=O)n3)cn2)C1. The molecule has 2 fully saturated rings. The highest BCUT2D eigenvalue weighted by molar-refractivity contribution is 6.01. The van der Waals surface area contributed by atoms with Crippen LogP contribution in [0.15, 0.2) is 24.7 Å². The molecule has 1 atom stereocenters. The molecule has 2 aliphatic rings. The first-order valence-electron chi connectivity index (χ1n) is 9.97. The summed E-state index contributed by atoms with van der Waals surface area (Å²) in [7, 11) is 0. The number of hydrogen-bond donors (Lipinski definition) is 1. The van der Waals surface area contributed by atoms with Crippen molar-refractivity contribution >= 4 is 29.3 Å². The van der Waals surface area contributed by atoms with E-state index in [1.807, 2.05) is 24.7 Å². The van der Waals surface area contributed by atoms with E-state index in [-0.39, 0.29) is 23.8 Å². The van der Waals surface area contributed by atoms with Gasteiger partial charge in [-0.05, 0) is 18.4 Å². The summed E-state index contributed by atoms with van der Waals surface area (Å²) in [6.07, 6.45) is 5.59. The van der Waals surface area contributed by atoms with E-state index in [1.54, 1.807) is 35.2 Å². The van der Waals surface area contributed by atoms with Crippen molar-refractivity contribution in [1.29, 1.82) is 5.26 Å². The van der Waals surface area contributed by atoms with Crippen LogP contribution < -0.4 is 10.2 Å². The first-order chi connectivity index (χ1) is 14.3. The summed E-state index contributed by atoms with van der Waals surface area (Å²) in [5.41, 5.74) is -0.286. The van der Waals surface area contributed by atoms with E-state index < -0.39 is 5.41 Å². The van der Waals surface area contributed by atoms with Gasteiger partial charge >= 0.3 is 0 Å². The number of nitrogens with one attached hydrogen (secondary N) is 1. The van der Waals surface area contributed by atoms with E-state index in [4.69, 9.17) is 0 Å². The molecular formula is C20H24N8O2. The van der Waals surface area contributed by atoms with Crippen LogP contribution >= 0.6 is 0 Å². The predicted molar refractivity (Wildman–Crippen MR) is 109 cm³/mol. The van der Waals surface area contributed by atoms with Crippen LogP contribution in [0.5, 0.6) is 0 Å². The van der Waals surface area contributed by atoms with Crippen LogP contribution in [0.2, 0.25) is 0 Å². The Morgan fingerprint density at radius 1 is 1.40 bits per heavy atom. The lowest BCUT2D eigenvalue weighted by Crippen LogP contribution is -2.49. The van der Waals surface area contributed by atoms with Crippen molar-refractivity contribution in [3.8, 4) is 6.07 Å². The van der Waals surface area contributed by atoms with Gasteiger partial charge in [-0.1, -0.05) is 13.8 Å². The quantitative estimate of drug-likeness (QED) is 0.800. The summed E-state index contributed by atoms with van der Waals surface area (Å²) in [5.74, 6) is 0.598. The van der Waals surface area contributed by atoms with Crippen molar-refractivity contribution in [2.24, 2.45) is 11.3 Å². The van der Waals surface area contributed by atoms with Gasteiger partial charge in [-0.3, -0.25) is 19.2 Å². The molecule has 10 nitrogen and oxygen atoms in total. The lowest BCUT2D eigenvalue weighted by atomic mass is 9.77. The molecular weight excluding hydrogens is 384 g/mol. The molecule has 0 radical (unpaired) electrons. The number of nitriles is 1. The van der Waals surface area contributed by atoms with E-state index in [0.29, 0.717) is 37.8 Å². The Labute approximate surface area is 174 Å². The minimum absolute atomic E-state index is 0.0660. The summed E-state index contributed by atoms with van der Waals surface area (Å²) in [6, 6.07) is 4.06. The Hall–Kier alpha value is -3.48. The number of carbonyl (C=O) groups excluding carboxylic acids is 2. The van der Waals surface area contributed by atoms with Crippen LogP contribution in [0.25, 0.3) is 0 Å². The maximum atomic E-state index is 12.9. The van der Waals surface area contributed by atoms with Crippen molar-refractivity contribution in [2.45, 2.75) is 33.2 Å². The van der Waals surface area contributed by atoms with Gasteiger partial charge in [0.05, 0.1) is 24.0 Å². The third kappa shape index (κ3) is 3.26. The van der Waals surface area contributed by atoms with E-state index >= 15 is 0 Å². The van der Waals surface area contributed by atoms with Gasteiger partial charge in [-0.25, -0.2) is 4.98 Å². The molecule has 2 aromatic rings. The Morgan fingerprint density at radius 3 is 2.80 bits per heavy atom. The molecule has 0 bridgehead atoms. The molecule has 2 amide bonds. The van der Waals surface area contributed by atoms with Crippen LogP contribution in [0.3, 0.4) is 0 Å². The maximum absolute atomic E-state index is 12.9. The fraction of sp³-hybridized carbons (Fsp3) is 0.500. The summed E-state index contributed by atoms with van der Waals surface area (Å²) in [5, 5.41) is 17.1. The molecule has 156 valence electrons. The number of anilines is 3. The van der Waals surface area contributed by atoms with E-state index in [2.05, 4.69) is 26.5 Å². The van der Waals surface area contributed by atoms with Crippen LogP contribution in [0, 0.1) is 22.7 Å². The first-order valence-corrected chi connectivity index (χ1v) is 9.97. The molecule has 4 rings (SSSR count). The fourth-order valence-electron chi connectivity index (χ4n) is 3.90. The van der Waals surface area contributed by atoms with E-state index in [0.717, 1.165) is 5.69 Å². The average molecular weight is 408 g/mol. The zero-order valence-corrected chi connectivity index (χ0v) is 17.2. The summed E-state index contributed by atoms with van der Waals surface area (Å²) in [4.78, 5) is 36.3. The third-order valence-corrected chi connectivity index (χ3v) is 6.00. The minimum Gasteiger partial charge on any atom is -0.339 e. The van der Waals surface area contributed by atoms with Crippen molar-refractivity contribution in [3.05, 3.63) is 24.7 Å². The molecule has 2 saturated heterocycles. The lowest BCUT2D eigenvalue weighted by Gasteiger charge is -2.38. The van der Waals surface area contributed by atoms with Crippen molar-refractivity contribution in [3.63, 3.8) is 0 Å². The summed E-state index contributed by atoms with van der Waals surface area (Å²) >= 11 is 0. The Bertz CT molecular complexity index is 1020. The van der Waals surface area contributed by atoms with Gasteiger partial charge < -0.3 is 10.2 Å². The lowest BCUT2D eigenvalue weighted by molar-refractivity contribution is -0.134. The van der Waals surface area contributed by atoms with Crippen molar-refractivity contribution in [1.82, 2.24) is 24.6 Å². The monoisotopic (exact) mass is 408 g/mol. The Kier molecular flexibility index (Phi) is 4.89. The largest absolute Gasteiger partial charge is 0.339 e. The van der Waals surface area contributed by atoms with Gasteiger partial charge in [0.1, 0.15) is 11.2 Å². The van der Waals surface area contributed by atoms with Crippen molar-refractivity contribution < 1.29 is 9.59 Å². The van der Waals surface area contributed by atoms with E-state index in [9.17, 15) is 14.9 Å². The van der Waals surface area contributed by atoms with E-state index in [1.165, 1.54) is 0 Å². The highest BCUT2D eigenvalue weighted by Gasteiger charge is 2.50. The number of nitrogens with zero attached hydrogens (tertiary/aromatic N) is 7. The average Bonchev–Trinajstić information content (AvgIpc) is 3.25. The third-order valence-electron chi connectivity index (χ3n) is 6.00. The fourth-order valence-corrected chi connectivity index (χ4v) is 3.90. The molecule has 30 heavy (non-hydrogen) atoms. The topological polar surface area (TPSA) is 120 Å². The summed E-state index contributed by atoms with van der Waals surface area (Å²) in [6.45, 7) is 7.10. The second-order valence-corrected chi connectivity index (χ2v) is 8.09. The number of hydrogen-bond acceptors (Lipinski definition) is 7. The number of rotatable bonds is 5. The van der Waals surface area contributed by atoms with Gasteiger partial charge in [-0.2, -0.15) is 15.3 Å². The van der Waals surface area contributed by atoms with Crippen LogP contribution in [-0.4, -0.2) is 56.1 Å². The van der Waals surface area contributed by atoms with Crippen LogP contribution in [0.1, 0.15) is 33.2 Å². The second-order valence-electron chi connectivity index (χ2n) is 8.09. The Morgan fingerprint density at radius 2 is 2.17 bits per heavy atom. The zero-order valence-electron chi connectivity index (χ0n) is 17.2. The molecule has 2 aliphatic heterocycles. The minimum atomic E-state index is -1.00. The molecule has 0 unspecified atom stereocenters. The van der Waals surface area contributed by atoms with Crippen molar-refractivity contribution in [2.75, 3.05) is 29.9 Å². The number of likely N-dealkylation sites (tertiary alicyclic amines) is 1. The van der Waals surface area contributed by atoms with Gasteiger partial charge in [0.15, 0.2) is 0 Å². The van der Waals surface area contributed by atoms with Gasteiger partial charge in [0.2, 0.25) is 17.8 Å². The van der Waals surface area contributed by atoms with Gasteiger partial charge in [-0.15, -0.1) is 0 Å². The predicted octanol–water partition coefficient (Wildman–Crippen LogP) is 1.72. The smallest absolute Gasteiger partial charge is 0.248 e. The zero-order chi connectivity index (χ0) is 21.5. The molecule has 0 aliphatic carbocycles. The standard InChI is InChI=1S/C20H24N8O2/c1-13(2)20(12-21)5-7-27(18(20)30)17-4-6-22-19(25-17)24-15-8-23-28(9-15)16-10-26(11-16)14(3)29/h4,6,8-9,13,16H,5,7,10-11H2,1-3H3,(H,22,24,25)/t20-/m1/s1. The maximum Gasteiger partial charge on any atom is 0.248 e. The molecule has 0 aromatic carbocycles. The van der Waals surface area contributed by atoms with Crippen LogP contribution in [-0.2, 0) is 9.59 Å². The summed E-state index contributed by atoms with van der Waals surface area (Å²) < 4.78 is 1.82. The molecule has 2 aromatic heterocycles. The molecule has 10 heteroatoms. The Balaban J connectivity index is 1.46. The highest BCUT2D eigenvalue weighted by Crippen LogP contribution is 2.40. The number of amides is 2. The molecule has 1 N–H and O–H groups in total. The van der Waals surface area contributed by atoms with Gasteiger partial charge in [0.25, 0.3) is 0 Å². The second kappa shape index (κ2) is 7.40. The molecule has 0 saturated carbocycles. The first kappa shape index (κ1) is 19.8. The van der Waals surface area contributed by atoms with Gasteiger partial charge in [0, 0.05) is 39.0 Å². The number of aromatic nitrogens is 4. The number of carbonyl (C=O) groups is 2. The normalized spacial score (nSPS) is 21.6. The highest BCUT2D eigenvalue weighted by atomic mass is 16.2. The van der Waals surface area contributed by atoms with Crippen LogP contribution in [0.4, 0.5) is 17.5 Å². The molecule has 0 spiro atoms.